The van der Waals surface area contributed by atoms with E-state index in [4.69, 9.17) is 10.6 Å². The van der Waals surface area contributed by atoms with Crippen LogP contribution in [0, 0.1) is 11.8 Å². The first kappa shape index (κ1) is 12.4. The molecule has 0 aromatic heterocycles. The molecule has 0 aromatic rings. The summed E-state index contributed by atoms with van der Waals surface area (Å²) in [5.74, 6) is 0.311. The maximum Gasteiger partial charge on any atom is 0.250 e. The molecule has 0 aliphatic rings. The zero-order valence-corrected chi connectivity index (χ0v) is 8.91. The summed E-state index contributed by atoms with van der Waals surface area (Å²) in [7, 11) is 3.08. The molecule has 4 heteroatoms. The van der Waals surface area contributed by atoms with Crippen LogP contribution in [0.15, 0.2) is 0 Å². The van der Waals surface area contributed by atoms with Gasteiger partial charge in [-0.1, -0.05) is 13.8 Å². The highest BCUT2D eigenvalue weighted by Crippen LogP contribution is 2.12. The van der Waals surface area contributed by atoms with Gasteiger partial charge in [-0.2, -0.15) is 0 Å². The predicted octanol–water partition coefficient (Wildman–Crippen LogP) is 0.627. The van der Waals surface area contributed by atoms with Crippen LogP contribution in [-0.4, -0.2) is 31.7 Å². The van der Waals surface area contributed by atoms with Gasteiger partial charge in [0.25, 0.3) is 0 Å². The fourth-order valence-electron chi connectivity index (χ4n) is 1.21. The van der Waals surface area contributed by atoms with Gasteiger partial charge in [0.15, 0.2) is 0 Å². The molecule has 78 valence electrons. The summed E-state index contributed by atoms with van der Waals surface area (Å²) >= 11 is 0. The molecule has 0 spiro atoms. The van der Waals surface area contributed by atoms with Gasteiger partial charge in [0.1, 0.15) is 0 Å². The van der Waals surface area contributed by atoms with Crippen LogP contribution in [0.2, 0.25) is 0 Å². The van der Waals surface area contributed by atoms with Crippen LogP contribution in [0.1, 0.15) is 20.3 Å². The Labute approximate surface area is 80.0 Å². The van der Waals surface area contributed by atoms with Gasteiger partial charge < -0.3 is 5.73 Å². The highest BCUT2D eigenvalue weighted by Gasteiger charge is 2.21. The molecule has 0 bridgehead atoms. The minimum Gasteiger partial charge on any atom is -0.330 e. The Balaban J connectivity index is 4.14. The van der Waals surface area contributed by atoms with Gasteiger partial charge in [-0.3, -0.25) is 9.63 Å². The van der Waals surface area contributed by atoms with Gasteiger partial charge in [0.2, 0.25) is 5.91 Å². The van der Waals surface area contributed by atoms with Crippen LogP contribution < -0.4 is 5.73 Å². The van der Waals surface area contributed by atoms with Crippen molar-refractivity contribution in [1.29, 1.82) is 0 Å². The maximum absolute atomic E-state index is 11.6. The topological polar surface area (TPSA) is 55.6 Å². The lowest BCUT2D eigenvalue weighted by Gasteiger charge is -2.21. The molecule has 4 nitrogen and oxygen atoms in total. The Hall–Kier alpha value is -0.610. The fraction of sp³-hybridized carbons (Fsp3) is 0.889. The van der Waals surface area contributed by atoms with E-state index in [2.05, 4.69) is 13.8 Å². The summed E-state index contributed by atoms with van der Waals surface area (Å²) in [5.41, 5.74) is 5.51. The molecule has 1 atom stereocenters. The average molecular weight is 188 g/mol. The molecule has 1 unspecified atom stereocenters. The highest BCUT2D eigenvalue weighted by molar-refractivity contribution is 5.77. The maximum atomic E-state index is 11.6. The lowest BCUT2D eigenvalue weighted by molar-refractivity contribution is -0.173. The summed E-state index contributed by atoms with van der Waals surface area (Å²) in [6.07, 6.45) is 0.809. The van der Waals surface area contributed by atoms with Gasteiger partial charge in [-0.25, -0.2) is 5.06 Å². The van der Waals surface area contributed by atoms with E-state index in [0.717, 1.165) is 6.42 Å². The van der Waals surface area contributed by atoms with E-state index in [1.54, 1.807) is 7.05 Å². The van der Waals surface area contributed by atoms with E-state index in [1.807, 2.05) is 0 Å². The second-order valence-corrected chi connectivity index (χ2v) is 3.58. The molecule has 13 heavy (non-hydrogen) atoms. The van der Waals surface area contributed by atoms with Gasteiger partial charge in [-0.15, -0.1) is 0 Å². The first-order valence-electron chi connectivity index (χ1n) is 4.54. The van der Waals surface area contributed by atoms with E-state index in [1.165, 1.54) is 12.2 Å². The Bertz CT molecular complexity index is 160. The second-order valence-electron chi connectivity index (χ2n) is 3.58. The normalized spacial score (nSPS) is 13.1. The SMILES string of the molecule is CON(C)C(=O)C(CN)CC(C)C. The quantitative estimate of drug-likeness (QED) is 0.644. The summed E-state index contributed by atoms with van der Waals surface area (Å²) in [6, 6.07) is 0. The Morgan fingerprint density at radius 3 is 2.38 bits per heavy atom. The monoisotopic (exact) mass is 188 g/mol. The zero-order valence-electron chi connectivity index (χ0n) is 8.91. The van der Waals surface area contributed by atoms with Crippen LogP contribution in [0.5, 0.6) is 0 Å². The lowest BCUT2D eigenvalue weighted by Crippen LogP contribution is -2.36. The van der Waals surface area contributed by atoms with Crippen molar-refractivity contribution in [2.75, 3.05) is 20.7 Å². The van der Waals surface area contributed by atoms with E-state index in [0.29, 0.717) is 12.5 Å². The highest BCUT2D eigenvalue weighted by atomic mass is 16.7. The van der Waals surface area contributed by atoms with E-state index in [9.17, 15) is 4.79 Å². The van der Waals surface area contributed by atoms with Crippen molar-refractivity contribution in [3.63, 3.8) is 0 Å². The van der Waals surface area contributed by atoms with Gasteiger partial charge in [0, 0.05) is 13.6 Å². The van der Waals surface area contributed by atoms with Crippen molar-refractivity contribution in [1.82, 2.24) is 5.06 Å². The smallest absolute Gasteiger partial charge is 0.250 e. The molecular weight excluding hydrogens is 168 g/mol. The standard InChI is InChI=1S/C9H20N2O2/c1-7(2)5-8(6-10)9(12)11(3)13-4/h7-8H,5-6,10H2,1-4H3. The summed E-state index contributed by atoms with van der Waals surface area (Å²) in [4.78, 5) is 16.4. The van der Waals surface area contributed by atoms with Crippen molar-refractivity contribution >= 4 is 5.91 Å². The summed E-state index contributed by atoms with van der Waals surface area (Å²) in [5, 5.41) is 1.24. The van der Waals surface area contributed by atoms with Crippen molar-refractivity contribution < 1.29 is 9.63 Å². The number of hydrogen-bond acceptors (Lipinski definition) is 3. The molecule has 1 amide bonds. The summed E-state index contributed by atoms with van der Waals surface area (Å²) < 4.78 is 0. The third-order valence-electron chi connectivity index (χ3n) is 1.97. The van der Waals surface area contributed by atoms with Crippen molar-refractivity contribution in [3.8, 4) is 0 Å². The van der Waals surface area contributed by atoms with Gasteiger partial charge in [-0.05, 0) is 12.3 Å². The minimum atomic E-state index is -0.120. The van der Waals surface area contributed by atoms with Crippen LogP contribution in [-0.2, 0) is 9.63 Å². The van der Waals surface area contributed by atoms with Crippen LogP contribution >= 0.6 is 0 Å². The number of hydroxylamine groups is 2. The van der Waals surface area contributed by atoms with Crippen molar-refractivity contribution in [3.05, 3.63) is 0 Å². The first-order valence-corrected chi connectivity index (χ1v) is 4.54. The number of nitrogens with two attached hydrogens (primary N) is 1. The minimum absolute atomic E-state index is 0.0429. The molecule has 0 aliphatic carbocycles. The van der Waals surface area contributed by atoms with E-state index in [-0.39, 0.29) is 11.8 Å². The van der Waals surface area contributed by atoms with E-state index >= 15 is 0 Å². The Kier molecular flexibility index (Phi) is 5.66. The molecule has 2 N–H and O–H groups in total. The molecular formula is C9H20N2O2. The molecule has 0 aromatic carbocycles. The van der Waals surface area contributed by atoms with Crippen molar-refractivity contribution in [2.45, 2.75) is 20.3 Å². The van der Waals surface area contributed by atoms with Crippen LogP contribution in [0.4, 0.5) is 0 Å². The predicted molar refractivity (Wildman–Crippen MR) is 51.8 cm³/mol. The molecule has 0 rings (SSSR count). The molecule has 0 radical (unpaired) electrons. The molecule has 0 heterocycles. The number of carbonyl (C=O) groups is 1. The first-order chi connectivity index (χ1) is 6.02. The number of hydrogen-bond donors (Lipinski definition) is 1. The second kappa shape index (κ2) is 5.94. The van der Waals surface area contributed by atoms with Gasteiger partial charge >= 0.3 is 0 Å². The third kappa shape index (κ3) is 4.24. The zero-order chi connectivity index (χ0) is 10.4. The number of amides is 1. The average Bonchev–Trinajstić information content (AvgIpc) is 2.11. The largest absolute Gasteiger partial charge is 0.330 e. The Morgan fingerprint density at radius 1 is 1.54 bits per heavy atom. The summed E-state index contributed by atoms with van der Waals surface area (Å²) in [6.45, 7) is 4.52. The van der Waals surface area contributed by atoms with Crippen LogP contribution in [0.3, 0.4) is 0 Å². The van der Waals surface area contributed by atoms with Crippen LogP contribution in [0.25, 0.3) is 0 Å². The van der Waals surface area contributed by atoms with Crippen molar-refractivity contribution in [2.24, 2.45) is 17.6 Å². The molecule has 0 aliphatic heterocycles. The third-order valence-corrected chi connectivity index (χ3v) is 1.97. The fourth-order valence-corrected chi connectivity index (χ4v) is 1.21. The van der Waals surface area contributed by atoms with E-state index < -0.39 is 0 Å². The van der Waals surface area contributed by atoms with Gasteiger partial charge in [0.05, 0.1) is 13.0 Å². The lowest BCUT2D eigenvalue weighted by atomic mass is 9.96. The molecule has 0 saturated heterocycles. The number of carbonyl (C=O) groups excluding carboxylic acids is 1. The number of nitrogens with zero attached hydrogens (tertiary/aromatic N) is 1. The molecule has 0 saturated carbocycles. The number of rotatable bonds is 5. The molecule has 0 fully saturated rings. The Morgan fingerprint density at radius 2 is 2.08 bits per heavy atom.